The first-order chi connectivity index (χ1) is 11.2. The van der Waals surface area contributed by atoms with Gasteiger partial charge >= 0.3 is 6.03 Å². The molecule has 2 rings (SSSR count). The zero-order chi connectivity index (χ0) is 17.7. The number of amides is 2. The van der Waals surface area contributed by atoms with Crippen LogP contribution in [0.4, 0.5) is 4.79 Å². The van der Waals surface area contributed by atoms with Gasteiger partial charge in [-0.15, -0.1) is 0 Å². The Balaban J connectivity index is 1.95. The van der Waals surface area contributed by atoms with Crippen molar-refractivity contribution in [3.8, 4) is 0 Å². The van der Waals surface area contributed by atoms with Gasteiger partial charge in [0.05, 0.1) is 12.2 Å². The number of benzene rings is 1. The van der Waals surface area contributed by atoms with Gasteiger partial charge in [0.2, 0.25) is 0 Å². The van der Waals surface area contributed by atoms with Crippen LogP contribution in [0.2, 0.25) is 0 Å². The van der Waals surface area contributed by atoms with Gasteiger partial charge in [-0.05, 0) is 44.1 Å². The predicted molar refractivity (Wildman–Crippen MR) is 98.1 cm³/mol. The highest BCUT2D eigenvalue weighted by Crippen LogP contribution is 2.23. The van der Waals surface area contributed by atoms with Gasteiger partial charge < -0.3 is 15.4 Å². The van der Waals surface area contributed by atoms with Crippen LogP contribution in [-0.2, 0) is 11.2 Å². The Morgan fingerprint density at radius 2 is 1.75 bits per heavy atom. The van der Waals surface area contributed by atoms with Crippen molar-refractivity contribution in [2.24, 2.45) is 5.41 Å². The molecule has 1 unspecified atom stereocenters. The normalized spacial score (nSPS) is 25.8. The summed E-state index contributed by atoms with van der Waals surface area (Å²) >= 11 is 0. The smallest absolute Gasteiger partial charge is 0.315 e. The van der Waals surface area contributed by atoms with Crippen LogP contribution in [-0.4, -0.2) is 30.3 Å². The molecule has 4 nitrogen and oxygen atoms in total. The van der Waals surface area contributed by atoms with Crippen molar-refractivity contribution in [2.75, 3.05) is 0 Å². The van der Waals surface area contributed by atoms with Gasteiger partial charge in [0.15, 0.2) is 0 Å². The standard InChI is InChI=1S/C20H32N2O2/c1-14-11-17(12-15(2)24-14)21-19(23)22-18(20(3,4)5)13-16-9-7-6-8-10-16/h6-10,14-15,17-18H,11-13H2,1-5H3,(H2,21,22,23)/t14-,15+,17?,18-/m1/s1. The molecule has 1 saturated heterocycles. The highest BCUT2D eigenvalue weighted by molar-refractivity contribution is 5.74. The Labute approximate surface area is 146 Å². The second-order valence-corrected chi connectivity index (χ2v) is 8.15. The van der Waals surface area contributed by atoms with E-state index in [1.54, 1.807) is 0 Å². The maximum Gasteiger partial charge on any atom is 0.315 e. The van der Waals surface area contributed by atoms with Crippen molar-refractivity contribution in [1.82, 2.24) is 10.6 Å². The summed E-state index contributed by atoms with van der Waals surface area (Å²) in [6, 6.07) is 10.5. The molecule has 0 spiro atoms. The lowest BCUT2D eigenvalue weighted by Gasteiger charge is -2.35. The molecule has 4 atom stereocenters. The SMILES string of the molecule is C[C@@H]1CC(NC(=O)N[C@H](Cc2ccccc2)C(C)(C)C)C[C@H](C)O1. The Morgan fingerprint density at radius 3 is 2.29 bits per heavy atom. The van der Waals surface area contributed by atoms with Crippen molar-refractivity contribution in [1.29, 1.82) is 0 Å². The molecule has 2 amide bonds. The van der Waals surface area contributed by atoms with E-state index in [9.17, 15) is 4.79 Å². The molecule has 1 aromatic carbocycles. The van der Waals surface area contributed by atoms with Crippen molar-refractivity contribution in [2.45, 2.75) is 78.2 Å². The number of nitrogens with one attached hydrogen (secondary N) is 2. The van der Waals surface area contributed by atoms with E-state index < -0.39 is 0 Å². The topological polar surface area (TPSA) is 50.4 Å². The average molecular weight is 332 g/mol. The summed E-state index contributed by atoms with van der Waals surface area (Å²) in [4.78, 5) is 12.5. The molecule has 0 aliphatic carbocycles. The maximum absolute atomic E-state index is 12.5. The van der Waals surface area contributed by atoms with Crippen molar-refractivity contribution in [3.63, 3.8) is 0 Å². The predicted octanol–water partition coefficient (Wildman–Crippen LogP) is 3.90. The number of urea groups is 1. The maximum atomic E-state index is 12.5. The number of hydrogen-bond acceptors (Lipinski definition) is 2. The average Bonchev–Trinajstić information content (AvgIpc) is 2.45. The summed E-state index contributed by atoms with van der Waals surface area (Å²) in [5.74, 6) is 0. The fourth-order valence-corrected chi connectivity index (χ4v) is 3.33. The zero-order valence-corrected chi connectivity index (χ0v) is 15.6. The van der Waals surface area contributed by atoms with E-state index in [0.717, 1.165) is 19.3 Å². The molecule has 2 N–H and O–H groups in total. The summed E-state index contributed by atoms with van der Waals surface area (Å²) < 4.78 is 5.74. The first kappa shape index (κ1) is 18.8. The molecule has 134 valence electrons. The molecule has 1 fully saturated rings. The highest BCUT2D eigenvalue weighted by Gasteiger charge is 2.29. The van der Waals surface area contributed by atoms with Crippen molar-refractivity contribution in [3.05, 3.63) is 35.9 Å². The molecule has 1 aliphatic rings. The third-order valence-electron chi connectivity index (χ3n) is 4.67. The fourth-order valence-electron chi connectivity index (χ4n) is 3.33. The van der Waals surface area contributed by atoms with Crippen LogP contribution in [0.3, 0.4) is 0 Å². The minimum Gasteiger partial charge on any atom is -0.375 e. The van der Waals surface area contributed by atoms with Crippen LogP contribution in [0, 0.1) is 5.41 Å². The van der Waals surface area contributed by atoms with E-state index in [2.05, 4.69) is 57.4 Å². The Kier molecular flexibility index (Phi) is 6.27. The van der Waals surface area contributed by atoms with Gasteiger partial charge in [-0.1, -0.05) is 51.1 Å². The van der Waals surface area contributed by atoms with E-state index in [0.29, 0.717) is 0 Å². The van der Waals surface area contributed by atoms with Gasteiger partial charge in [-0.3, -0.25) is 0 Å². The summed E-state index contributed by atoms with van der Waals surface area (Å²) in [5.41, 5.74) is 1.23. The van der Waals surface area contributed by atoms with Crippen LogP contribution < -0.4 is 10.6 Å². The van der Waals surface area contributed by atoms with Crippen LogP contribution in [0.1, 0.15) is 53.0 Å². The minimum atomic E-state index is -0.0721. The summed E-state index contributed by atoms with van der Waals surface area (Å²) in [7, 11) is 0. The second-order valence-electron chi connectivity index (χ2n) is 8.15. The quantitative estimate of drug-likeness (QED) is 0.878. The number of ether oxygens (including phenoxy) is 1. The Hall–Kier alpha value is -1.55. The lowest BCUT2D eigenvalue weighted by molar-refractivity contribution is -0.0402. The summed E-state index contributed by atoms with van der Waals surface area (Å²) in [6.45, 7) is 10.6. The molecule has 0 bridgehead atoms. The van der Waals surface area contributed by atoms with E-state index in [1.807, 2.05) is 18.2 Å². The molecule has 24 heavy (non-hydrogen) atoms. The van der Waals surface area contributed by atoms with Crippen LogP contribution in [0.25, 0.3) is 0 Å². The minimum absolute atomic E-state index is 0.0105. The third-order valence-corrected chi connectivity index (χ3v) is 4.67. The molecule has 1 aliphatic heterocycles. The lowest BCUT2D eigenvalue weighted by atomic mass is 9.83. The van der Waals surface area contributed by atoms with E-state index in [4.69, 9.17) is 4.74 Å². The van der Waals surface area contributed by atoms with Crippen molar-refractivity contribution < 1.29 is 9.53 Å². The van der Waals surface area contributed by atoms with Gasteiger partial charge in [-0.2, -0.15) is 0 Å². The monoisotopic (exact) mass is 332 g/mol. The largest absolute Gasteiger partial charge is 0.375 e. The van der Waals surface area contributed by atoms with Crippen LogP contribution in [0.5, 0.6) is 0 Å². The number of rotatable bonds is 4. The molecule has 0 radical (unpaired) electrons. The number of hydrogen-bond donors (Lipinski definition) is 2. The van der Waals surface area contributed by atoms with Crippen LogP contribution in [0.15, 0.2) is 30.3 Å². The molecule has 1 heterocycles. The molecular formula is C20H32N2O2. The highest BCUT2D eigenvalue weighted by atomic mass is 16.5. The van der Waals surface area contributed by atoms with Gasteiger partial charge in [0.25, 0.3) is 0 Å². The zero-order valence-electron chi connectivity index (χ0n) is 15.6. The summed E-state index contributed by atoms with van der Waals surface area (Å²) in [6.07, 6.45) is 2.97. The molecule has 0 saturated carbocycles. The molecular weight excluding hydrogens is 300 g/mol. The van der Waals surface area contributed by atoms with E-state index in [1.165, 1.54) is 5.56 Å². The third kappa shape index (κ3) is 5.82. The molecule has 1 aromatic rings. The van der Waals surface area contributed by atoms with Gasteiger partial charge in [0.1, 0.15) is 0 Å². The van der Waals surface area contributed by atoms with E-state index in [-0.39, 0.29) is 35.7 Å². The number of carbonyl (C=O) groups is 1. The molecule has 0 aromatic heterocycles. The first-order valence-corrected chi connectivity index (χ1v) is 9.00. The Bertz CT molecular complexity index is 514. The van der Waals surface area contributed by atoms with Gasteiger partial charge in [0, 0.05) is 12.1 Å². The van der Waals surface area contributed by atoms with Crippen molar-refractivity contribution >= 4 is 6.03 Å². The van der Waals surface area contributed by atoms with Crippen LogP contribution >= 0.6 is 0 Å². The van der Waals surface area contributed by atoms with E-state index >= 15 is 0 Å². The fraction of sp³-hybridized carbons (Fsp3) is 0.650. The first-order valence-electron chi connectivity index (χ1n) is 9.00. The Morgan fingerprint density at radius 1 is 1.17 bits per heavy atom. The van der Waals surface area contributed by atoms with Gasteiger partial charge in [-0.25, -0.2) is 4.79 Å². The number of carbonyl (C=O) groups excluding carboxylic acids is 1. The summed E-state index contributed by atoms with van der Waals surface area (Å²) in [5, 5.41) is 6.33. The molecule has 4 heteroatoms. The second kappa shape index (κ2) is 8.02. The lowest BCUT2D eigenvalue weighted by Crippen LogP contribution is -2.53.